The Balaban J connectivity index is 3.73. The van der Waals surface area contributed by atoms with Gasteiger partial charge >= 0.3 is 0 Å². The molecule has 0 aromatic rings. The van der Waals surface area contributed by atoms with Crippen LogP contribution in [0.2, 0.25) is 0 Å². The molecule has 0 saturated carbocycles. The lowest BCUT2D eigenvalue weighted by Crippen LogP contribution is -2.32. The van der Waals surface area contributed by atoms with Crippen LogP contribution < -0.4 is 11.3 Å². The van der Waals surface area contributed by atoms with E-state index in [4.69, 9.17) is 5.84 Å². The number of aliphatic hydroxyl groups excluding tert-OH is 1. The Labute approximate surface area is 83.2 Å². The highest BCUT2D eigenvalue weighted by molar-refractivity contribution is 8.00. The van der Waals surface area contributed by atoms with Gasteiger partial charge in [-0.05, 0) is 6.92 Å². The summed E-state index contributed by atoms with van der Waals surface area (Å²) in [7, 11) is 0. The van der Waals surface area contributed by atoms with Crippen LogP contribution in [0.25, 0.3) is 0 Å². The van der Waals surface area contributed by atoms with E-state index in [-0.39, 0.29) is 22.5 Å². The largest absolute Gasteiger partial charge is 0.392 e. The van der Waals surface area contributed by atoms with Crippen LogP contribution in [0.4, 0.5) is 0 Å². The lowest BCUT2D eigenvalue weighted by molar-refractivity contribution is -0.121. The zero-order valence-electron chi connectivity index (χ0n) is 8.28. The molecule has 13 heavy (non-hydrogen) atoms. The van der Waals surface area contributed by atoms with Crippen molar-refractivity contribution in [2.45, 2.75) is 43.8 Å². The molecule has 0 aliphatic heterocycles. The fourth-order valence-corrected chi connectivity index (χ4v) is 2.06. The molecular weight excluding hydrogens is 188 g/mol. The van der Waals surface area contributed by atoms with E-state index in [1.165, 1.54) is 0 Å². The standard InChI is InChI=1S/C8H18N2O2S/c1-5(4-8(12)10-9)13-7(3)6(2)11/h5-7,11H,4,9H2,1-3H3,(H,10,12). The van der Waals surface area contributed by atoms with Gasteiger partial charge in [-0.15, -0.1) is 0 Å². The average molecular weight is 206 g/mol. The number of thioether (sulfide) groups is 1. The second-order valence-corrected chi connectivity index (χ2v) is 4.98. The summed E-state index contributed by atoms with van der Waals surface area (Å²) in [6, 6.07) is 0. The first-order chi connectivity index (χ1) is 5.97. The molecule has 0 heterocycles. The summed E-state index contributed by atoms with van der Waals surface area (Å²) >= 11 is 1.58. The van der Waals surface area contributed by atoms with Crippen molar-refractivity contribution < 1.29 is 9.90 Å². The summed E-state index contributed by atoms with van der Waals surface area (Å²) in [5, 5.41) is 9.53. The van der Waals surface area contributed by atoms with Gasteiger partial charge in [-0.2, -0.15) is 11.8 Å². The molecule has 1 amide bonds. The highest BCUT2D eigenvalue weighted by atomic mass is 32.2. The number of nitrogens with two attached hydrogens (primary N) is 1. The number of nitrogens with one attached hydrogen (secondary N) is 1. The first kappa shape index (κ1) is 12.7. The van der Waals surface area contributed by atoms with Crippen LogP contribution in [0.15, 0.2) is 0 Å². The first-order valence-electron chi connectivity index (χ1n) is 4.30. The zero-order valence-corrected chi connectivity index (χ0v) is 9.10. The molecule has 0 fully saturated rings. The highest BCUT2D eigenvalue weighted by Gasteiger charge is 2.15. The molecule has 0 rings (SSSR count). The number of carbonyl (C=O) groups excluding carboxylic acids is 1. The number of hydrogen-bond acceptors (Lipinski definition) is 4. The minimum Gasteiger partial charge on any atom is -0.392 e. The lowest BCUT2D eigenvalue weighted by atomic mass is 10.3. The molecule has 3 atom stereocenters. The molecule has 4 N–H and O–H groups in total. The fourth-order valence-electron chi connectivity index (χ4n) is 0.848. The molecule has 0 spiro atoms. The number of carbonyl (C=O) groups is 1. The van der Waals surface area contributed by atoms with Crippen molar-refractivity contribution in [3.63, 3.8) is 0 Å². The summed E-state index contributed by atoms with van der Waals surface area (Å²) < 4.78 is 0. The summed E-state index contributed by atoms with van der Waals surface area (Å²) in [6.07, 6.45) is 0.0338. The third kappa shape index (κ3) is 5.90. The van der Waals surface area contributed by atoms with E-state index < -0.39 is 0 Å². The van der Waals surface area contributed by atoms with Gasteiger partial charge in [-0.25, -0.2) is 5.84 Å². The number of rotatable bonds is 5. The lowest BCUT2D eigenvalue weighted by Gasteiger charge is -2.18. The van der Waals surface area contributed by atoms with E-state index in [0.717, 1.165) is 0 Å². The molecule has 0 radical (unpaired) electrons. The zero-order chi connectivity index (χ0) is 10.4. The van der Waals surface area contributed by atoms with Gasteiger partial charge in [-0.1, -0.05) is 13.8 Å². The predicted octanol–water partition coefficient (Wildman–Crippen LogP) is 0.257. The van der Waals surface area contributed by atoms with Crippen LogP contribution in [0, 0.1) is 0 Å². The molecule has 0 aromatic heterocycles. The van der Waals surface area contributed by atoms with Gasteiger partial charge in [0.05, 0.1) is 6.10 Å². The Hall–Kier alpha value is -0.260. The van der Waals surface area contributed by atoms with E-state index in [1.54, 1.807) is 18.7 Å². The van der Waals surface area contributed by atoms with Crippen LogP contribution in [-0.4, -0.2) is 27.6 Å². The quantitative estimate of drug-likeness (QED) is 0.342. The van der Waals surface area contributed by atoms with E-state index in [9.17, 15) is 9.90 Å². The first-order valence-corrected chi connectivity index (χ1v) is 5.24. The normalized spacial score (nSPS) is 17.6. The van der Waals surface area contributed by atoms with Crippen molar-refractivity contribution in [2.75, 3.05) is 0 Å². The smallest absolute Gasteiger partial charge is 0.234 e. The maximum atomic E-state index is 10.9. The SMILES string of the molecule is CC(CC(=O)NN)SC(C)C(C)O. The third-order valence-electron chi connectivity index (χ3n) is 1.76. The Bertz CT molecular complexity index is 164. The number of hydrazine groups is 1. The van der Waals surface area contributed by atoms with Crippen molar-refractivity contribution in [3.8, 4) is 0 Å². The minimum atomic E-state index is -0.353. The van der Waals surface area contributed by atoms with Gasteiger partial charge < -0.3 is 5.11 Å². The summed E-state index contributed by atoms with van der Waals surface area (Å²) in [4.78, 5) is 10.9. The van der Waals surface area contributed by atoms with Gasteiger partial charge in [0, 0.05) is 16.9 Å². The van der Waals surface area contributed by atoms with Gasteiger partial charge in [-0.3, -0.25) is 10.2 Å². The van der Waals surface area contributed by atoms with E-state index in [0.29, 0.717) is 6.42 Å². The number of amides is 1. The molecule has 0 saturated heterocycles. The van der Waals surface area contributed by atoms with Crippen LogP contribution in [0.5, 0.6) is 0 Å². The van der Waals surface area contributed by atoms with Crippen LogP contribution >= 0.6 is 11.8 Å². The van der Waals surface area contributed by atoms with Crippen LogP contribution in [-0.2, 0) is 4.79 Å². The maximum Gasteiger partial charge on any atom is 0.234 e. The second kappa shape index (κ2) is 6.23. The number of aliphatic hydroxyl groups is 1. The molecular formula is C8H18N2O2S. The highest BCUT2D eigenvalue weighted by Crippen LogP contribution is 2.22. The Morgan fingerprint density at radius 2 is 2.08 bits per heavy atom. The van der Waals surface area contributed by atoms with Crippen molar-refractivity contribution in [1.29, 1.82) is 0 Å². The van der Waals surface area contributed by atoms with Crippen molar-refractivity contribution in [2.24, 2.45) is 5.84 Å². The van der Waals surface area contributed by atoms with E-state index in [2.05, 4.69) is 5.43 Å². The fraction of sp³-hybridized carbons (Fsp3) is 0.875. The van der Waals surface area contributed by atoms with Gasteiger partial charge in [0.15, 0.2) is 0 Å². The van der Waals surface area contributed by atoms with Crippen molar-refractivity contribution >= 4 is 17.7 Å². The molecule has 0 bridgehead atoms. The van der Waals surface area contributed by atoms with Crippen molar-refractivity contribution in [1.82, 2.24) is 5.43 Å². The average Bonchev–Trinajstić information content (AvgIpc) is 2.03. The van der Waals surface area contributed by atoms with Gasteiger partial charge in [0.1, 0.15) is 0 Å². The molecule has 0 aliphatic carbocycles. The van der Waals surface area contributed by atoms with Crippen LogP contribution in [0.1, 0.15) is 27.2 Å². The second-order valence-electron chi connectivity index (χ2n) is 3.16. The van der Waals surface area contributed by atoms with E-state index >= 15 is 0 Å². The summed E-state index contributed by atoms with van der Waals surface area (Å²) in [5.41, 5.74) is 2.08. The molecule has 0 aliphatic rings. The van der Waals surface area contributed by atoms with Gasteiger partial charge in [0.2, 0.25) is 5.91 Å². The molecule has 4 nitrogen and oxygen atoms in total. The van der Waals surface area contributed by atoms with E-state index in [1.807, 2.05) is 13.8 Å². The molecule has 3 unspecified atom stereocenters. The maximum absolute atomic E-state index is 10.9. The molecule has 78 valence electrons. The Morgan fingerprint density at radius 1 is 1.54 bits per heavy atom. The monoisotopic (exact) mass is 206 g/mol. The Morgan fingerprint density at radius 3 is 2.46 bits per heavy atom. The molecule has 5 heteroatoms. The Kier molecular flexibility index (Phi) is 6.11. The molecule has 0 aromatic carbocycles. The third-order valence-corrected chi connectivity index (χ3v) is 3.21. The number of hydrogen-bond donors (Lipinski definition) is 3. The summed E-state index contributed by atoms with van der Waals surface area (Å²) in [6.45, 7) is 5.62. The van der Waals surface area contributed by atoms with Crippen molar-refractivity contribution in [3.05, 3.63) is 0 Å². The van der Waals surface area contributed by atoms with Gasteiger partial charge in [0.25, 0.3) is 0 Å². The summed E-state index contributed by atoms with van der Waals surface area (Å²) in [5.74, 6) is 4.78. The topological polar surface area (TPSA) is 75.4 Å². The predicted molar refractivity (Wildman–Crippen MR) is 55.1 cm³/mol. The van der Waals surface area contributed by atoms with Crippen LogP contribution in [0.3, 0.4) is 0 Å². The minimum absolute atomic E-state index is 0.139.